The molecule has 1 aliphatic carbocycles. The van der Waals surface area contributed by atoms with E-state index in [2.05, 4.69) is 25.6 Å². The molecule has 2 aromatic heterocycles. The molecular weight excluding hydrogens is 510 g/mol. The summed E-state index contributed by atoms with van der Waals surface area (Å²) in [6.07, 6.45) is 3.53. The average Bonchev–Trinajstić information content (AvgIpc) is 3.17. The van der Waals surface area contributed by atoms with E-state index in [1.165, 1.54) is 12.3 Å². The number of amides is 1. The lowest BCUT2D eigenvalue weighted by molar-refractivity contribution is -0.122. The van der Waals surface area contributed by atoms with Crippen molar-refractivity contribution in [2.24, 2.45) is 11.7 Å². The molecular formula is C21H22Cl2F3N7O2. The van der Waals surface area contributed by atoms with Gasteiger partial charge in [0, 0.05) is 17.0 Å². The van der Waals surface area contributed by atoms with Gasteiger partial charge in [-0.15, -0.1) is 0 Å². The summed E-state index contributed by atoms with van der Waals surface area (Å²) in [5.74, 6) is -4.57. The molecule has 5 N–H and O–H groups in total. The van der Waals surface area contributed by atoms with Gasteiger partial charge in [-0.25, -0.2) is 23.1 Å². The molecule has 1 amide bonds. The molecule has 1 fully saturated rings. The van der Waals surface area contributed by atoms with Crippen molar-refractivity contribution in [2.75, 3.05) is 23.8 Å². The van der Waals surface area contributed by atoms with Crippen molar-refractivity contribution < 1.29 is 23.1 Å². The number of carbonyl (C=O) groups excluding carboxylic acids is 1. The number of nitrogens with two attached hydrogens (primary N) is 1. The van der Waals surface area contributed by atoms with Crippen LogP contribution in [0.2, 0.25) is 10.0 Å². The maximum absolute atomic E-state index is 14.6. The molecule has 35 heavy (non-hydrogen) atoms. The SMILES string of the molecule is NC(=O)[C@H]1CC[C@H](n2c(Nc3c(F)cc(Cl)cc3Cl)nc3cnc(NCC(F)(F)CO)nc32)CC1. The highest BCUT2D eigenvalue weighted by molar-refractivity contribution is 6.36. The van der Waals surface area contributed by atoms with Crippen LogP contribution in [-0.2, 0) is 4.79 Å². The summed E-state index contributed by atoms with van der Waals surface area (Å²) in [7, 11) is 0. The second-order valence-electron chi connectivity index (χ2n) is 8.35. The van der Waals surface area contributed by atoms with Crippen LogP contribution in [0.15, 0.2) is 18.3 Å². The van der Waals surface area contributed by atoms with Crippen molar-refractivity contribution in [3.63, 3.8) is 0 Å². The lowest BCUT2D eigenvalue weighted by Crippen LogP contribution is -2.31. The number of hydrogen-bond donors (Lipinski definition) is 4. The predicted molar refractivity (Wildman–Crippen MR) is 126 cm³/mol. The Morgan fingerprint density at radius 2 is 1.94 bits per heavy atom. The highest BCUT2D eigenvalue weighted by Gasteiger charge is 2.30. The summed E-state index contributed by atoms with van der Waals surface area (Å²) in [6, 6.07) is 2.28. The van der Waals surface area contributed by atoms with Crippen LogP contribution in [0.3, 0.4) is 0 Å². The van der Waals surface area contributed by atoms with Crippen LogP contribution in [0.1, 0.15) is 31.7 Å². The summed E-state index contributed by atoms with van der Waals surface area (Å²) >= 11 is 12.1. The number of rotatable bonds is 8. The molecule has 0 unspecified atom stereocenters. The number of aliphatic hydroxyl groups is 1. The molecule has 14 heteroatoms. The van der Waals surface area contributed by atoms with Crippen LogP contribution in [-0.4, -0.2) is 49.6 Å². The second-order valence-corrected chi connectivity index (χ2v) is 9.20. The first-order chi connectivity index (χ1) is 16.6. The van der Waals surface area contributed by atoms with Crippen molar-refractivity contribution in [1.29, 1.82) is 0 Å². The van der Waals surface area contributed by atoms with E-state index in [9.17, 15) is 18.0 Å². The minimum Gasteiger partial charge on any atom is -0.390 e. The first-order valence-corrected chi connectivity index (χ1v) is 11.5. The molecule has 1 aromatic carbocycles. The Hall–Kier alpha value is -2.83. The molecule has 2 heterocycles. The van der Waals surface area contributed by atoms with E-state index in [-0.39, 0.29) is 45.5 Å². The summed E-state index contributed by atoms with van der Waals surface area (Å²) < 4.78 is 43.3. The lowest BCUT2D eigenvalue weighted by atomic mass is 9.85. The van der Waals surface area contributed by atoms with Gasteiger partial charge < -0.3 is 21.5 Å². The highest BCUT2D eigenvalue weighted by atomic mass is 35.5. The molecule has 1 aliphatic rings. The molecule has 3 aromatic rings. The van der Waals surface area contributed by atoms with Crippen molar-refractivity contribution in [2.45, 2.75) is 37.6 Å². The minimum absolute atomic E-state index is 0.0331. The third-order valence-corrected chi connectivity index (χ3v) is 6.39. The number of fused-ring (bicyclic) bond motifs is 1. The predicted octanol–water partition coefficient (Wildman–Crippen LogP) is 4.27. The number of alkyl halides is 2. The van der Waals surface area contributed by atoms with E-state index in [0.29, 0.717) is 36.8 Å². The van der Waals surface area contributed by atoms with Crippen LogP contribution in [0, 0.1) is 11.7 Å². The van der Waals surface area contributed by atoms with Gasteiger partial charge in [-0.05, 0) is 37.8 Å². The van der Waals surface area contributed by atoms with E-state index in [0.717, 1.165) is 6.07 Å². The monoisotopic (exact) mass is 531 g/mol. The smallest absolute Gasteiger partial charge is 0.287 e. The first-order valence-electron chi connectivity index (χ1n) is 10.8. The van der Waals surface area contributed by atoms with E-state index in [1.54, 1.807) is 4.57 Å². The summed E-state index contributed by atoms with van der Waals surface area (Å²) in [5, 5.41) is 14.3. The third kappa shape index (κ3) is 5.54. The number of nitrogens with one attached hydrogen (secondary N) is 2. The lowest BCUT2D eigenvalue weighted by Gasteiger charge is -2.29. The van der Waals surface area contributed by atoms with E-state index >= 15 is 0 Å². The van der Waals surface area contributed by atoms with Gasteiger partial charge in [-0.1, -0.05) is 23.2 Å². The number of carbonyl (C=O) groups is 1. The van der Waals surface area contributed by atoms with Crippen molar-refractivity contribution >= 4 is 57.9 Å². The number of imidazole rings is 1. The van der Waals surface area contributed by atoms with Gasteiger partial charge in [-0.3, -0.25) is 9.36 Å². The van der Waals surface area contributed by atoms with Gasteiger partial charge in [0.1, 0.15) is 17.9 Å². The molecule has 188 valence electrons. The topological polar surface area (TPSA) is 131 Å². The van der Waals surface area contributed by atoms with Gasteiger partial charge in [-0.2, -0.15) is 4.98 Å². The number of anilines is 3. The summed E-state index contributed by atoms with van der Waals surface area (Å²) in [4.78, 5) is 24.4. The van der Waals surface area contributed by atoms with Crippen molar-refractivity contribution in [3.05, 3.63) is 34.2 Å². The third-order valence-electron chi connectivity index (χ3n) is 5.88. The van der Waals surface area contributed by atoms with Gasteiger partial charge in [0.25, 0.3) is 5.92 Å². The molecule has 0 atom stereocenters. The summed E-state index contributed by atoms with van der Waals surface area (Å²) in [6.45, 7) is -2.20. The van der Waals surface area contributed by atoms with Gasteiger partial charge >= 0.3 is 0 Å². The Kier molecular flexibility index (Phi) is 7.25. The Morgan fingerprint density at radius 3 is 2.57 bits per heavy atom. The number of benzene rings is 1. The number of primary amides is 1. The van der Waals surface area contributed by atoms with Gasteiger partial charge in [0.05, 0.1) is 23.5 Å². The number of halogens is 5. The van der Waals surface area contributed by atoms with Crippen LogP contribution in [0.25, 0.3) is 11.2 Å². The molecule has 4 rings (SSSR count). The van der Waals surface area contributed by atoms with E-state index < -0.39 is 24.9 Å². The quantitative estimate of drug-likeness (QED) is 0.341. The maximum atomic E-state index is 14.6. The Bertz CT molecular complexity index is 1230. The number of aromatic nitrogens is 4. The highest BCUT2D eigenvalue weighted by Crippen LogP contribution is 2.38. The molecule has 0 aliphatic heterocycles. The van der Waals surface area contributed by atoms with Crippen LogP contribution in [0.5, 0.6) is 0 Å². The van der Waals surface area contributed by atoms with Crippen LogP contribution >= 0.6 is 23.2 Å². The largest absolute Gasteiger partial charge is 0.390 e. The standard InChI is InChI=1S/C21H22Cl2F3N7O2/c22-11-5-13(23)16(14(24)6-11)31-20-30-15-7-28-19(29-8-21(25,26)9-34)32-18(15)33(20)12-3-1-10(2-4-12)17(27)35/h5-7,10,12,34H,1-4,8-9H2,(H2,27,35)(H,30,31)(H,28,29,32)/t10-,12-. The zero-order valence-corrected chi connectivity index (χ0v) is 19.8. The van der Waals surface area contributed by atoms with Gasteiger partial charge in [0.15, 0.2) is 5.65 Å². The molecule has 0 radical (unpaired) electrons. The molecule has 0 saturated heterocycles. The Morgan fingerprint density at radius 1 is 1.23 bits per heavy atom. The fourth-order valence-electron chi connectivity index (χ4n) is 4.07. The second kappa shape index (κ2) is 10.0. The fraction of sp³-hybridized carbons (Fsp3) is 0.429. The van der Waals surface area contributed by atoms with Crippen LogP contribution in [0.4, 0.5) is 30.8 Å². The number of hydrogen-bond acceptors (Lipinski definition) is 7. The number of aliphatic hydroxyl groups excluding tert-OH is 1. The molecule has 0 spiro atoms. The summed E-state index contributed by atoms with van der Waals surface area (Å²) in [5.41, 5.74) is 6.04. The minimum atomic E-state index is -3.36. The van der Waals surface area contributed by atoms with E-state index in [1.807, 2.05) is 0 Å². The normalized spacial score (nSPS) is 18.6. The van der Waals surface area contributed by atoms with Crippen molar-refractivity contribution in [1.82, 2.24) is 19.5 Å². The molecule has 1 saturated carbocycles. The number of nitrogens with zero attached hydrogens (tertiary/aromatic N) is 4. The Labute approximate surface area is 207 Å². The van der Waals surface area contributed by atoms with Gasteiger partial charge in [0.2, 0.25) is 17.8 Å². The Balaban J connectivity index is 1.74. The van der Waals surface area contributed by atoms with E-state index in [4.69, 9.17) is 34.0 Å². The molecule has 0 bridgehead atoms. The van der Waals surface area contributed by atoms with Crippen molar-refractivity contribution in [3.8, 4) is 0 Å². The average molecular weight is 532 g/mol. The first kappa shape index (κ1) is 25.3. The van der Waals surface area contributed by atoms with Crippen LogP contribution < -0.4 is 16.4 Å². The fourth-order valence-corrected chi connectivity index (χ4v) is 4.58. The zero-order chi connectivity index (χ0) is 25.3. The molecule has 9 nitrogen and oxygen atoms in total. The zero-order valence-electron chi connectivity index (χ0n) is 18.2. The maximum Gasteiger partial charge on any atom is 0.287 e.